The van der Waals surface area contributed by atoms with Gasteiger partial charge in [-0.3, -0.25) is 4.79 Å². The average molecular weight is 247 g/mol. The number of Topliss-reactive ketones (excluding diaryl/α,β-unsaturated/α-hetero) is 1. The molecule has 1 aromatic rings. The lowest BCUT2D eigenvalue weighted by molar-refractivity contribution is 0.0855. The Balaban J connectivity index is 2.06. The summed E-state index contributed by atoms with van der Waals surface area (Å²) < 4.78 is 5.38. The summed E-state index contributed by atoms with van der Waals surface area (Å²) in [5.74, 6) is 0.204. The van der Waals surface area contributed by atoms with Gasteiger partial charge in [0.25, 0.3) is 0 Å². The Morgan fingerprint density at radius 1 is 1.28 bits per heavy atom. The number of ether oxygens (including phenoxy) is 1. The van der Waals surface area contributed by atoms with Crippen LogP contribution in [-0.2, 0) is 4.74 Å². The Hall–Kier alpha value is -1.35. The fourth-order valence-corrected chi connectivity index (χ4v) is 2.37. The molecule has 2 rings (SSSR count). The highest BCUT2D eigenvalue weighted by Crippen LogP contribution is 2.21. The fraction of sp³-hybridized carbons (Fsp3) is 0.533. The monoisotopic (exact) mass is 247 g/mol. The summed E-state index contributed by atoms with van der Waals surface area (Å²) in [6, 6.07) is 8.48. The molecule has 1 aliphatic rings. The van der Waals surface area contributed by atoms with Crippen molar-refractivity contribution in [1.82, 2.24) is 0 Å². The van der Waals surface area contributed by atoms with E-state index in [4.69, 9.17) is 4.74 Å². The Kier molecular flexibility index (Phi) is 4.37. The van der Waals surface area contributed by atoms with E-state index >= 15 is 0 Å². The van der Waals surface area contributed by atoms with E-state index in [0.29, 0.717) is 12.5 Å². The molecule has 3 nitrogen and oxygen atoms in total. The normalized spacial score (nSPS) is 16.6. The zero-order valence-electron chi connectivity index (χ0n) is 11.2. The molecule has 0 aromatic heterocycles. The van der Waals surface area contributed by atoms with Gasteiger partial charge in [0.15, 0.2) is 5.78 Å². The molecule has 1 aliphatic heterocycles. The molecule has 0 radical (unpaired) electrons. The lowest BCUT2D eigenvalue weighted by Gasteiger charge is -2.33. The van der Waals surface area contributed by atoms with Gasteiger partial charge in [-0.25, -0.2) is 0 Å². The first kappa shape index (κ1) is 13.1. The summed E-state index contributed by atoms with van der Waals surface area (Å²) in [7, 11) is 2.12. The largest absolute Gasteiger partial charge is 0.381 e. The van der Waals surface area contributed by atoms with Gasteiger partial charge >= 0.3 is 0 Å². The molecular weight excluding hydrogens is 226 g/mol. The molecule has 98 valence electrons. The SMILES string of the molecule is CCC(=O)c1ccc(N(C)C2CCOCC2)cc1. The van der Waals surface area contributed by atoms with E-state index in [0.717, 1.165) is 31.6 Å². The minimum atomic E-state index is 0.204. The highest BCUT2D eigenvalue weighted by atomic mass is 16.5. The minimum Gasteiger partial charge on any atom is -0.381 e. The first-order valence-electron chi connectivity index (χ1n) is 6.66. The van der Waals surface area contributed by atoms with Gasteiger partial charge in [0.05, 0.1) is 0 Å². The van der Waals surface area contributed by atoms with Crippen LogP contribution in [0.5, 0.6) is 0 Å². The molecule has 0 unspecified atom stereocenters. The Morgan fingerprint density at radius 3 is 2.44 bits per heavy atom. The second-order valence-electron chi connectivity index (χ2n) is 4.78. The zero-order valence-corrected chi connectivity index (χ0v) is 11.2. The number of carbonyl (C=O) groups excluding carboxylic acids is 1. The van der Waals surface area contributed by atoms with Crippen molar-refractivity contribution < 1.29 is 9.53 Å². The standard InChI is InChI=1S/C15H21NO2/c1-3-15(17)12-4-6-13(7-5-12)16(2)14-8-10-18-11-9-14/h4-7,14H,3,8-11H2,1-2H3. The number of carbonyl (C=O) groups is 1. The minimum absolute atomic E-state index is 0.204. The van der Waals surface area contributed by atoms with Crippen LogP contribution in [0.2, 0.25) is 0 Å². The first-order valence-corrected chi connectivity index (χ1v) is 6.66. The molecule has 0 amide bonds. The molecular formula is C15H21NO2. The molecule has 1 aromatic carbocycles. The number of ketones is 1. The van der Waals surface area contributed by atoms with Gasteiger partial charge in [0, 0.05) is 44.0 Å². The van der Waals surface area contributed by atoms with E-state index in [1.807, 2.05) is 31.2 Å². The Labute approximate surface area is 109 Å². The van der Waals surface area contributed by atoms with Crippen molar-refractivity contribution in [2.45, 2.75) is 32.2 Å². The van der Waals surface area contributed by atoms with Crippen LogP contribution in [0.4, 0.5) is 5.69 Å². The molecule has 0 N–H and O–H groups in total. The number of hydrogen-bond acceptors (Lipinski definition) is 3. The second-order valence-corrected chi connectivity index (χ2v) is 4.78. The maximum Gasteiger partial charge on any atom is 0.162 e. The van der Waals surface area contributed by atoms with Crippen LogP contribution < -0.4 is 4.90 Å². The van der Waals surface area contributed by atoms with E-state index in [2.05, 4.69) is 11.9 Å². The molecule has 18 heavy (non-hydrogen) atoms. The van der Waals surface area contributed by atoms with Crippen LogP contribution >= 0.6 is 0 Å². The third-order valence-corrected chi connectivity index (χ3v) is 3.66. The van der Waals surface area contributed by atoms with Crippen molar-refractivity contribution in [1.29, 1.82) is 0 Å². The predicted molar refractivity (Wildman–Crippen MR) is 73.3 cm³/mol. The van der Waals surface area contributed by atoms with Gasteiger partial charge in [-0.2, -0.15) is 0 Å². The highest BCUT2D eigenvalue weighted by molar-refractivity contribution is 5.96. The molecule has 0 saturated carbocycles. The lowest BCUT2D eigenvalue weighted by Crippen LogP contribution is -2.36. The van der Waals surface area contributed by atoms with E-state index < -0.39 is 0 Å². The summed E-state index contributed by atoms with van der Waals surface area (Å²) in [4.78, 5) is 13.9. The van der Waals surface area contributed by atoms with Crippen LogP contribution in [0.25, 0.3) is 0 Å². The van der Waals surface area contributed by atoms with Gasteiger partial charge < -0.3 is 9.64 Å². The second kappa shape index (κ2) is 6.01. The molecule has 1 saturated heterocycles. The van der Waals surface area contributed by atoms with Crippen LogP contribution in [0.1, 0.15) is 36.5 Å². The number of rotatable bonds is 4. The fourth-order valence-electron chi connectivity index (χ4n) is 2.37. The van der Waals surface area contributed by atoms with E-state index in [-0.39, 0.29) is 5.78 Å². The topological polar surface area (TPSA) is 29.5 Å². The highest BCUT2D eigenvalue weighted by Gasteiger charge is 2.18. The maximum absolute atomic E-state index is 11.6. The van der Waals surface area contributed by atoms with Gasteiger partial charge in [-0.05, 0) is 37.1 Å². The summed E-state index contributed by atoms with van der Waals surface area (Å²) in [6.07, 6.45) is 2.72. The van der Waals surface area contributed by atoms with Crippen molar-refractivity contribution in [3.05, 3.63) is 29.8 Å². The summed E-state index contributed by atoms with van der Waals surface area (Å²) in [6.45, 7) is 3.59. The van der Waals surface area contributed by atoms with Crippen molar-refractivity contribution in [2.24, 2.45) is 0 Å². The van der Waals surface area contributed by atoms with Gasteiger partial charge in [-0.1, -0.05) is 6.92 Å². The zero-order chi connectivity index (χ0) is 13.0. The van der Waals surface area contributed by atoms with Crippen molar-refractivity contribution in [2.75, 3.05) is 25.2 Å². The number of hydrogen-bond donors (Lipinski definition) is 0. The van der Waals surface area contributed by atoms with E-state index in [9.17, 15) is 4.79 Å². The van der Waals surface area contributed by atoms with Crippen molar-refractivity contribution in [3.63, 3.8) is 0 Å². The van der Waals surface area contributed by atoms with Crippen molar-refractivity contribution >= 4 is 11.5 Å². The number of anilines is 1. The quantitative estimate of drug-likeness (QED) is 0.766. The van der Waals surface area contributed by atoms with Crippen LogP contribution in [0.15, 0.2) is 24.3 Å². The number of nitrogens with zero attached hydrogens (tertiary/aromatic N) is 1. The van der Waals surface area contributed by atoms with Gasteiger partial charge in [0.1, 0.15) is 0 Å². The van der Waals surface area contributed by atoms with Gasteiger partial charge in [-0.15, -0.1) is 0 Å². The first-order chi connectivity index (χ1) is 8.72. The number of benzene rings is 1. The third-order valence-electron chi connectivity index (χ3n) is 3.66. The molecule has 0 atom stereocenters. The summed E-state index contributed by atoms with van der Waals surface area (Å²) in [5, 5.41) is 0. The molecule has 1 heterocycles. The third kappa shape index (κ3) is 2.91. The summed E-state index contributed by atoms with van der Waals surface area (Å²) >= 11 is 0. The van der Waals surface area contributed by atoms with Crippen LogP contribution in [0.3, 0.4) is 0 Å². The molecule has 3 heteroatoms. The van der Waals surface area contributed by atoms with E-state index in [1.165, 1.54) is 5.69 Å². The molecule has 0 bridgehead atoms. The van der Waals surface area contributed by atoms with E-state index in [1.54, 1.807) is 0 Å². The van der Waals surface area contributed by atoms with Crippen LogP contribution in [0, 0.1) is 0 Å². The molecule has 0 spiro atoms. The molecule has 1 fully saturated rings. The maximum atomic E-state index is 11.6. The Morgan fingerprint density at radius 2 is 1.89 bits per heavy atom. The summed E-state index contributed by atoms with van der Waals surface area (Å²) in [5.41, 5.74) is 1.98. The molecule has 0 aliphatic carbocycles. The smallest absolute Gasteiger partial charge is 0.162 e. The van der Waals surface area contributed by atoms with Gasteiger partial charge in [0.2, 0.25) is 0 Å². The van der Waals surface area contributed by atoms with Crippen molar-refractivity contribution in [3.8, 4) is 0 Å². The predicted octanol–water partition coefficient (Wildman–Crippen LogP) is 2.89. The Bertz CT molecular complexity index is 393. The van der Waals surface area contributed by atoms with Crippen LogP contribution in [-0.4, -0.2) is 32.1 Å². The average Bonchev–Trinajstić information content (AvgIpc) is 2.47. The lowest BCUT2D eigenvalue weighted by atomic mass is 10.1.